The monoisotopic (exact) mass is 149 g/mol. The highest BCUT2D eigenvalue weighted by atomic mass is 15.1. The van der Waals surface area contributed by atoms with E-state index < -0.39 is 0 Å². The molecule has 1 aromatic heterocycles. The van der Waals surface area contributed by atoms with Crippen LogP contribution in [0.2, 0.25) is 0 Å². The van der Waals surface area contributed by atoms with Crippen molar-refractivity contribution in [2.45, 2.75) is 6.04 Å². The number of aromatic amines is 1. The maximum Gasteiger partial charge on any atom is 0.138 e. The molecule has 0 spiro atoms. The van der Waals surface area contributed by atoms with E-state index in [-0.39, 0.29) is 6.04 Å². The van der Waals surface area contributed by atoms with E-state index in [9.17, 15) is 0 Å². The van der Waals surface area contributed by atoms with Crippen molar-refractivity contribution >= 4 is 0 Å². The molecular weight excluding hydrogens is 138 g/mol. The van der Waals surface area contributed by atoms with Crippen LogP contribution in [0, 0.1) is 11.3 Å². The molecule has 0 bridgehead atoms. The molecule has 0 aromatic carbocycles. The van der Waals surface area contributed by atoms with Gasteiger partial charge in [0.1, 0.15) is 6.04 Å². The van der Waals surface area contributed by atoms with E-state index in [1.807, 2.05) is 37.3 Å². The Labute approximate surface area is 66.3 Å². The molecule has 11 heavy (non-hydrogen) atoms. The molecule has 1 rings (SSSR count). The largest absolute Gasteiger partial charge is 0.363 e. The minimum atomic E-state index is -0.162. The fourth-order valence-electron chi connectivity index (χ4n) is 0.977. The Morgan fingerprint density at radius 2 is 2.36 bits per heavy atom. The quantitative estimate of drug-likeness (QED) is 0.685. The van der Waals surface area contributed by atoms with Crippen LogP contribution in [0.1, 0.15) is 11.7 Å². The molecule has 1 heterocycles. The standard InChI is InChI=1S/C8H11N3/c1-11(2)8(6-9)7-4-3-5-10-7/h3-5,8,10H,1-2H3. The van der Waals surface area contributed by atoms with Gasteiger partial charge in [0.05, 0.1) is 6.07 Å². The van der Waals surface area contributed by atoms with Crippen molar-refractivity contribution in [2.24, 2.45) is 0 Å². The second kappa shape index (κ2) is 3.22. The van der Waals surface area contributed by atoms with E-state index in [1.165, 1.54) is 0 Å². The first-order valence-electron chi connectivity index (χ1n) is 3.45. The average Bonchev–Trinajstić information content (AvgIpc) is 2.40. The lowest BCUT2D eigenvalue weighted by Crippen LogP contribution is -2.18. The molecule has 0 amide bonds. The summed E-state index contributed by atoms with van der Waals surface area (Å²) >= 11 is 0. The molecule has 1 atom stereocenters. The molecule has 0 fully saturated rings. The lowest BCUT2D eigenvalue weighted by Gasteiger charge is -2.14. The number of hydrogen-bond donors (Lipinski definition) is 1. The summed E-state index contributed by atoms with van der Waals surface area (Å²) in [4.78, 5) is 4.87. The molecule has 1 N–H and O–H groups in total. The molecule has 1 aromatic rings. The number of rotatable bonds is 2. The van der Waals surface area contributed by atoms with E-state index in [0.717, 1.165) is 5.69 Å². The predicted octanol–water partition coefficient (Wildman–Crippen LogP) is 1.14. The maximum absolute atomic E-state index is 8.76. The summed E-state index contributed by atoms with van der Waals surface area (Å²) in [5.41, 5.74) is 0.942. The van der Waals surface area contributed by atoms with E-state index in [1.54, 1.807) is 0 Å². The minimum Gasteiger partial charge on any atom is -0.363 e. The number of nitrogens with one attached hydrogen (secondary N) is 1. The van der Waals surface area contributed by atoms with Crippen LogP contribution in [-0.4, -0.2) is 24.0 Å². The second-order valence-corrected chi connectivity index (χ2v) is 2.62. The predicted molar refractivity (Wildman–Crippen MR) is 42.8 cm³/mol. The van der Waals surface area contributed by atoms with Crippen molar-refractivity contribution < 1.29 is 0 Å². The average molecular weight is 149 g/mol. The van der Waals surface area contributed by atoms with Gasteiger partial charge in [0.15, 0.2) is 0 Å². The second-order valence-electron chi connectivity index (χ2n) is 2.62. The van der Waals surface area contributed by atoms with Gasteiger partial charge in [0.25, 0.3) is 0 Å². The Morgan fingerprint density at radius 3 is 2.73 bits per heavy atom. The molecule has 0 aliphatic heterocycles. The van der Waals surface area contributed by atoms with Crippen LogP contribution >= 0.6 is 0 Å². The van der Waals surface area contributed by atoms with Gasteiger partial charge in [0, 0.05) is 11.9 Å². The highest BCUT2D eigenvalue weighted by Crippen LogP contribution is 2.13. The molecule has 0 aliphatic carbocycles. The number of nitrogens with zero attached hydrogens (tertiary/aromatic N) is 2. The normalized spacial score (nSPS) is 12.9. The summed E-state index contributed by atoms with van der Waals surface area (Å²) < 4.78 is 0. The number of H-pyrrole nitrogens is 1. The van der Waals surface area contributed by atoms with Gasteiger partial charge in [-0.2, -0.15) is 5.26 Å². The third-order valence-electron chi connectivity index (χ3n) is 1.56. The first kappa shape index (κ1) is 7.83. The van der Waals surface area contributed by atoms with Gasteiger partial charge in [-0.1, -0.05) is 0 Å². The van der Waals surface area contributed by atoms with Gasteiger partial charge in [-0.25, -0.2) is 0 Å². The molecule has 0 radical (unpaired) electrons. The first-order chi connectivity index (χ1) is 5.25. The lowest BCUT2D eigenvalue weighted by atomic mass is 10.2. The van der Waals surface area contributed by atoms with E-state index in [4.69, 9.17) is 5.26 Å². The summed E-state index contributed by atoms with van der Waals surface area (Å²) in [7, 11) is 3.77. The van der Waals surface area contributed by atoms with E-state index in [0.29, 0.717) is 0 Å². The Bertz CT molecular complexity index is 243. The zero-order valence-electron chi connectivity index (χ0n) is 6.70. The van der Waals surface area contributed by atoms with Crippen molar-refractivity contribution in [3.05, 3.63) is 24.0 Å². The summed E-state index contributed by atoms with van der Waals surface area (Å²) in [6.45, 7) is 0. The van der Waals surface area contributed by atoms with Crippen LogP contribution in [-0.2, 0) is 0 Å². The van der Waals surface area contributed by atoms with Gasteiger partial charge >= 0.3 is 0 Å². The smallest absolute Gasteiger partial charge is 0.138 e. The molecule has 3 nitrogen and oxygen atoms in total. The third kappa shape index (κ3) is 1.60. The molecule has 1 unspecified atom stereocenters. The van der Waals surface area contributed by atoms with Crippen LogP contribution in [0.4, 0.5) is 0 Å². The van der Waals surface area contributed by atoms with Crippen molar-refractivity contribution in [3.63, 3.8) is 0 Å². The fourth-order valence-corrected chi connectivity index (χ4v) is 0.977. The highest BCUT2D eigenvalue weighted by Gasteiger charge is 2.12. The molecule has 0 saturated heterocycles. The molecule has 0 saturated carbocycles. The number of nitriles is 1. The van der Waals surface area contributed by atoms with Gasteiger partial charge in [-0.3, -0.25) is 4.90 Å². The van der Waals surface area contributed by atoms with Gasteiger partial charge in [-0.05, 0) is 26.2 Å². The topological polar surface area (TPSA) is 42.8 Å². The molecule has 0 aliphatic rings. The Kier molecular flexibility index (Phi) is 2.29. The Balaban J connectivity index is 2.82. The number of aromatic nitrogens is 1. The maximum atomic E-state index is 8.76. The Morgan fingerprint density at radius 1 is 1.64 bits per heavy atom. The minimum absolute atomic E-state index is 0.162. The van der Waals surface area contributed by atoms with Gasteiger partial charge < -0.3 is 4.98 Å². The highest BCUT2D eigenvalue weighted by molar-refractivity contribution is 5.15. The molecule has 3 heteroatoms. The lowest BCUT2D eigenvalue weighted by molar-refractivity contribution is 0.353. The number of hydrogen-bond acceptors (Lipinski definition) is 2. The summed E-state index contributed by atoms with van der Waals surface area (Å²) in [5, 5.41) is 8.76. The van der Waals surface area contributed by atoms with E-state index in [2.05, 4.69) is 11.1 Å². The SMILES string of the molecule is CN(C)C(C#N)c1ccc[nH]1. The molecular formula is C8H11N3. The van der Waals surface area contributed by atoms with Crippen LogP contribution < -0.4 is 0 Å². The van der Waals surface area contributed by atoms with Crippen LogP contribution in [0.25, 0.3) is 0 Å². The van der Waals surface area contributed by atoms with Crippen molar-refractivity contribution in [1.29, 1.82) is 5.26 Å². The van der Waals surface area contributed by atoms with Crippen LogP contribution in [0.15, 0.2) is 18.3 Å². The fraction of sp³-hybridized carbons (Fsp3) is 0.375. The van der Waals surface area contributed by atoms with Crippen LogP contribution in [0.3, 0.4) is 0 Å². The summed E-state index contributed by atoms with van der Waals surface area (Å²) in [5.74, 6) is 0. The zero-order valence-corrected chi connectivity index (χ0v) is 6.70. The Hall–Kier alpha value is -1.27. The van der Waals surface area contributed by atoms with Gasteiger partial charge in [-0.15, -0.1) is 0 Å². The van der Waals surface area contributed by atoms with Crippen molar-refractivity contribution in [2.75, 3.05) is 14.1 Å². The summed E-state index contributed by atoms with van der Waals surface area (Å²) in [6.07, 6.45) is 1.82. The molecule has 58 valence electrons. The third-order valence-corrected chi connectivity index (χ3v) is 1.56. The van der Waals surface area contributed by atoms with Crippen molar-refractivity contribution in [1.82, 2.24) is 9.88 Å². The van der Waals surface area contributed by atoms with Crippen LogP contribution in [0.5, 0.6) is 0 Å². The van der Waals surface area contributed by atoms with E-state index >= 15 is 0 Å². The van der Waals surface area contributed by atoms with Gasteiger partial charge in [0.2, 0.25) is 0 Å². The first-order valence-corrected chi connectivity index (χ1v) is 3.45. The summed E-state index contributed by atoms with van der Waals surface area (Å²) in [6, 6.07) is 5.84. The van der Waals surface area contributed by atoms with Crippen molar-refractivity contribution in [3.8, 4) is 6.07 Å². The zero-order chi connectivity index (χ0) is 8.27.